The zero-order chi connectivity index (χ0) is 13.7. The van der Waals surface area contributed by atoms with E-state index >= 15 is 0 Å². The molecule has 19 heavy (non-hydrogen) atoms. The Morgan fingerprint density at radius 2 is 1.95 bits per heavy atom. The number of hydrogen-bond donors (Lipinski definition) is 2. The van der Waals surface area contributed by atoms with Gasteiger partial charge in [-0.05, 0) is 36.8 Å². The normalized spacial score (nSPS) is 11.1. The highest BCUT2D eigenvalue weighted by Crippen LogP contribution is 2.06. The lowest BCUT2D eigenvalue weighted by atomic mass is 10.1. The highest BCUT2D eigenvalue weighted by molar-refractivity contribution is 6.00. The van der Waals surface area contributed by atoms with E-state index in [4.69, 9.17) is 5.73 Å². The quantitative estimate of drug-likeness (QED) is 0.498. The van der Waals surface area contributed by atoms with Crippen LogP contribution in [0.25, 0.3) is 0 Å². The molecule has 0 spiro atoms. The first-order chi connectivity index (χ1) is 9.16. The summed E-state index contributed by atoms with van der Waals surface area (Å²) in [4.78, 5) is 15.7. The maximum Gasteiger partial charge on any atom is 0.289 e. The molecule has 2 aromatic rings. The molecule has 5 nitrogen and oxygen atoms in total. The standard InChI is InChI=1S/C14H14N4O/c1-10(11-5-7-12(15)8-6-11)17-18-14(19)13-4-2-3-9-16-13/h2-9H,15H2,1H3,(H,18,19)/b17-10-. The molecule has 5 heteroatoms. The molecule has 0 atom stereocenters. The van der Waals surface area contributed by atoms with Crippen LogP contribution in [0.3, 0.4) is 0 Å². The number of nitrogen functional groups attached to an aromatic ring is 1. The van der Waals surface area contributed by atoms with Gasteiger partial charge >= 0.3 is 0 Å². The molecule has 0 radical (unpaired) electrons. The number of aromatic nitrogens is 1. The van der Waals surface area contributed by atoms with Crippen molar-refractivity contribution >= 4 is 17.3 Å². The van der Waals surface area contributed by atoms with Crippen molar-refractivity contribution in [1.82, 2.24) is 10.4 Å². The summed E-state index contributed by atoms with van der Waals surface area (Å²) in [6, 6.07) is 12.4. The molecular formula is C14H14N4O. The lowest BCUT2D eigenvalue weighted by molar-refractivity contribution is 0.0950. The SMILES string of the molecule is C/C(=N/NC(=O)c1ccccn1)c1ccc(N)cc1. The van der Waals surface area contributed by atoms with Crippen molar-refractivity contribution in [3.63, 3.8) is 0 Å². The van der Waals surface area contributed by atoms with Crippen LogP contribution in [0.5, 0.6) is 0 Å². The molecule has 3 N–H and O–H groups in total. The van der Waals surface area contributed by atoms with Gasteiger partial charge in [0.15, 0.2) is 0 Å². The van der Waals surface area contributed by atoms with Gasteiger partial charge in [0.2, 0.25) is 0 Å². The molecule has 96 valence electrons. The maximum atomic E-state index is 11.7. The first-order valence-corrected chi connectivity index (χ1v) is 5.78. The number of anilines is 1. The van der Waals surface area contributed by atoms with Crippen molar-refractivity contribution in [3.05, 3.63) is 59.9 Å². The Hall–Kier alpha value is -2.69. The van der Waals surface area contributed by atoms with Crippen LogP contribution in [0, 0.1) is 0 Å². The number of pyridine rings is 1. The van der Waals surface area contributed by atoms with Crippen LogP contribution in [-0.4, -0.2) is 16.6 Å². The first-order valence-electron chi connectivity index (χ1n) is 5.78. The Balaban J connectivity index is 2.06. The number of nitrogens with two attached hydrogens (primary N) is 1. The highest BCUT2D eigenvalue weighted by Gasteiger charge is 2.05. The fourth-order valence-electron chi connectivity index (χ4n) is 1.48. The van der Waals surface area contributed by atoms with E-state index in [0.717, 1.165) is 5.56 Å². The fraction of sp³-hybridized carbons (Fsp3) is 0.0714. The average molecular weight is 254 g/mol. The van der Waals surface area contributed by atoms with Gasteiger partial charge in [-0.15, -0.1) is 0 Å². The second kappa shape index (κ2) is 5.77. The smallest absolute Gasteiger partial charge is 0.289 e. The van der Waals surface area contributed by atoms with Crippen molar-refractivity contribution in [2.24, 2.45) is 5.10 Å². The highest BCUT2D eigenvalue weighted by atomic mass is 16.2. The average Bonchev–Trinajstić information content (AvgIpc) is 2.46. The minimum atomic E-state index is -0.338. The van der Waals surface area contributed by atoms with E-state index in [-0.39, 0.29) is 5.91 Å². The molecule has 0 aliphatic heterocycles. The molecule has 1 aromatic heterocycles. The number of benzene rings is 1. The number of amides is 1. The minimum absolute atomic E-state index is 0.330. The van der Waals surface area contributed by atoms with Crippen molar-refractivity contribution in [3.8, 4) is 0 Å². The van der Waals surface area contributed by atoms with E-state index in [1.165, 1.54) is 0 Å². The van der Waals surface area contributed by atoms with Gasteiger partial charge in [-0.25, -0.2) is 5.43 Å². The molecular weight excluding hydrogens is 240 g/mol. The predicted octanol–water partition coefficient (Wildman–Crippen LogP) is 1.82. The van der Waals surface area contributed by atoms with E-state index in [2.05, 4.69) is 15.5 Å². The molecule has 0 fully saturated rings. The van der Waals surface area contributed by atoms with E-state index in [0.29, 0.717) is 17.1 Å². The monoisotopic (exact) mass is 254 g/mol. The summed E-state index contributed by atoms with van der Waals surface area (Å²) >= 11 is 0. The molecule has 1 aromatic carbocycles. The van der Waals surface area contributed by atoms with Crippen molar-refractivity contribution < 1.29 is 4.79 Å². The van der Waals surface area contributed by atoms with Crippen LogP contribution < -0.4 is 11.2 Å². The Morgan fingerprint density at radius 1 is 1.21 bits per heavy atom. The number of nitrogens with one attached hydrogen (secondary N) is 1. The predicted molar refractivity (Wildman–Crippen MR) is 74.8 cm³/mol. The molecule has 0 bridgehead atoms. The first kappa shape index (κ1) is 12.8. The number of rotatable bonds is 3. The summed E-state index contributed by atoms with van der Waals surface area (Å²) in [7, 11) is 0. The van der Waals surface area contributed by atoms with Gasteiger partial charge in [0.1, 0.15) is 5.69 Å². The summed E-state index contributed by atoms with van der Waals surface area (Å²) in [5.74, 6) is -0.338. The fourth-order valence-corrected chi connectivity index (χ4v) is 1.48. The van der Waals surface area contributed by atoms with Crippen LogP contribution in [0.4, 0.5) is 5.69 Å². The third-order valence-electron chi connectivity index (χ3n) is 2.55. The van der Waals surface area contributed by atoms with E-state index in [1.807, 2.05) is 19.1 Å². The lowest BCUT2D eigenvalue weighted by Crippen LogP contribution is -2.20. The van der Waals surface area contributed by atoms with Gasteiger partial charge in [-0.3, -0.25) is 9.78 Å². The number of carbonyl (C=O) groups is 1. The number of nitrogens with zero attached hydrogens (tertiary/aromatic N) is 2. The van der Waals surface area contributed by atoms with Gasteiger partial charge in [0.25, 0.3) is 5.91 Å². The lowest BCUT2D eigenvalue weighted by Gasteiger charge is -2.03. The number of carbonyl (C=O) groups excluding carboxylic acids is 1. The van der Waals surface area contributed by atoms with Gasteiger partial charge in [0, 0.05) is 11.9 Å². The molecule has 1 heterocycles. The van der Waals surface area contributed by atoms with Gasteiger partial charge in [0.05, 0.1) is 5.71 Å². The topological polar surface area (TPSA) is 80.4 Å². The van der Waals surface area contributed by atoms with Crippen LogP contribution in [0.2, 0.25) is 0 Å². The second-order valence-electron chi connectivity index (χ2n) is 3.98. The Morgan fingerprint density at radius 3 is 2.58 bits per heavy atom. The van der Waals surface area contributed by atoms with E-state index in [1.54, 1.807) is 36.5 Å². The van der Waals surface area contributed by atoms with E-state index < -0.39 is 0 Å². The summed E-state index contributed by atoms with van der Waals surface area (Å²) in [5, 5.41) is 4.04. The molecule has 0 aliphatic carbocycles. The Labute approximate surface area is 111 Å². The summed E-state index contributed by atoms with van der Waals surface area (Å²) in [6.07, 6.45) is 1.56. The summed E-state index contributed by atoms with van der Waals surface area (Å²) in [5.41, 5.74) is 10.7. The van der Waals surface area contributed by atoms with Gasteiger partial charge in [-0.2, -0.15) is 5.10 Å². The van der Waals surface area contributed by atoms with Crippen LogP contribution in [0.15, 0.2) is 53.8 Å². The molecule has 0 unspecified atom stereocenters. The number of hydrazone groups is 1. The van der Waals surface area contributed by atoms with Crippen molar-refractivity contribution in [2.45, 2.75) is 6.92 Å². The second-order valence-corrected chi connectivity index (χ2v) is 3.98. The third kappa shape index (κ3) is 3.38. The Kier molecular flexibility index (Phi) is 3.87. The zero-order valence-corrected chi connectivity index (χ0v) is 10.5. The zero-order valence-electron chi connectivity index (χ0n) is 10.5. The molecule has 0 aliphatic rings. The van der Waals surface area contributed by atoms with Gasteiger partial charge in [-0.1, -0.05) is 18.2 Å². The van der Waals surface area contributed by atoms with Crippen LogP contribution in [-0.2, 0) is 0 Å². The number of hydrogen-bond acceptors (Lipinski definition) is 4. The maximum absolute atomic E-state index is 11.7. The molecule has 1 amide bonds. The third-order valence-corrected chi connectivity index (χ3v) is 2.55. The molecule has 0 saturated carbocycles. The van der Waals surface area contributed by atoms with Crippen molar-refractivity contribution in [1.29, 1.82) is 0 Å². The van der Waals surface area contributed by atoms with Crippen LogP contribution >= 0.6 is 0 Å². The van der Waals surface area contributed by atoms with Crippen molar-refractivity contribution in [2.75, 3.05) is 5.73 Å². The largest absolute Gasteiger partial charge is 0.399 e. The van der Waals surface area contributed by atoms with E-state index in [9.17, 15) is 4.79 Å². The van der Waals surface area contributed by atoms with Crippen LogP contribution in [0.1, 0.15) is 23.0 Å². The summed E-state index contributed by atoms with van der Waals surface area (Å²) in [6.45, 7) is 1.81. The summed E-state index contributed by atoms with van der Waals surface area (Å²) < 4.78 is 0. The molecule has 0 saturated heterocycles. The Bertz CT molecular complexity index is 591. The van der Waals surface area contributed by atoms with Gasteiger partial charge < -0.3 is 5.73 Å². The minimum Gasteiger partial charge on any atom is -0.399 e. The molecule has 2 rings (SSSR count).